The first-order valence-corrected chi connectivity index (χ1v) is 11.2. The number of anilines is 1. The molecule has 0 aliphatic carbocycles. The quantitative estimate of drug-likeness (QED) is 0.398. The Kier molecular flexibility index (Phi) is 6.59. The molecule has 4 aromatic rings. The van der Waals surface area contributed by atoms with Gasteiger partial charge in [-0.05, 0) is 42.3 Å². The molecule has 2 amide bonds. The monoisotopic (exact) mass is 439 g/mol. The third kappa shape index (κ3) is 5.32. The molecule has 0 unspecified atom stereocenters. The van der Waals surface area contributed by atoms with Crippen molar-refractivity contribution in [2.45, 2.75) is 33.9 Å². The van der Waals surface area contributed by atoms with Gasteiger partial charge < -0.3 is 15.2 Å². The summed E-state index contributed by atoms with van der Waals surface area (Å²) in [6.07, 6.45) is 0. The average molecular weight is 440 g/mol. The van der Waals surface area contributed by atoms with Crippen LogP contribution in [0.5, 0.6) is 0 Å². The summed E-state index contributed by atoms with van der Waals surface area (Å²) in [5.74, 6) is -0.268. The van der Waals surface area contributed by atoms with Crippen molar-refractivity contribution in [3.8, 4) is 0 Å². The van der Waals surface area contributed by atoms with E-state index in [-0.39, 0.29) is 17.7 Å². The van der Waals surface area contributed by atoms with E-state index in [1.165, 1.54) is 5.56 Å². The number of carbonyl (C=O) groups is 2. The van der Waals surface area contributed by atoms with E-state index in [0.717, 1.165) is 27.7 Å². The minimum atomic E-state index is -0.129. The highest BCUT2D eigenvalue weighted by Gasteiger charge is 2.17. The average Bonchev–Trinajstić information content (AvgIpc) is 3.15. The lowest BCUT2D eigenvalue weighted by molar-refractivity contribution is -0.118. The van der Waals surface area contributed by atoms with E-state index in [2.05, 4.69) is 35.8 Å². The first kappa shape index (κ1) is 22.3. The molecule has 5 nitrogen and oxygen atoms in total. The molecule has 0 aliphatic rings. The summed E-state index contributed by atoms with van der Waals surface area (Å²) in [6, 6.07) is 25.9. The van der Waals surface area contributed by atoms with Crippen molar-refractivity contribution in [2.75, 3.05) is 5.32 Å². The second-order valence-corrected chi connectivity index (χ2v) is 8.69. The second kappa shape index (κ2) is 9.74. The first-order valence-electron chi connectivity index (χ1n) is 11.2. The molecule has 0 radical (unpaired) electrons. The topological polar surface area (TPSA) is 63.1 Å². The molecule has 0 spiro atoms. The van der Waals surface area contributed by atoms with E-state index in [0.29, 0.717) is 18.8 Å². The predicted molar refractivity (Wildman–Crippen MR) is 133 cm³/mol. The minimum Gasteiger partial charge on any atom is -0.347 e. The maximum Gasteiger partial charge on any atom is 0.268 e. The lowest BCUT2D eigenvalue weighted by Gasteiger charge is -2.13. The van der Waals surface area contributed by atoms with Crippen LogP contribution in [0.1, 0.15) is 41.0 Å². The highest BCUT2D eigenvalue weighted by molar-refractivity contribution is 6.00. The van der Waals surface area contributed by atoms with Crippen LogP contribution in [0, 0.1) is 12.8 Å². The van der Waals surface area contributed by atoms with E-state index in [1.807, 2.05) is 79.1 Å². The number of nitrogens with zero attached hydrogens (tertiary/aromatic N) is 1. The zero-order valence-corrected chi connectivity index (χ0v) is 19.3. The van der Waals surface area contributed by atoms with Gasteiger partial charge in [-0.2, -0.15) is 0 Å². The van der Waals surface area contributed by atoms with Gasteiger partial charge in [0.05, 0.1) is 0 Å². The van der Waals surface area contributed by atoms with Gasteiger partial charge in [-0.15, -0.1) is 0 Å². The van der Waals surface area contributed by atoms with Crippen LogP contribution in [0.2, 0.25) is 0 Å². The maximum atomic E-state index is 13.2. The molecule has 0 saturated carbocycles. The molecule has 0 fully saturated rings. The van der Waals surface area contributed by atoms with E-state index >= 15 is 0 Å². The van der Waals surface area contributed by atoms with Gasteiger partial charge in [0.2, 0.25) is 5.91 Å². The number of hydrogen-bond donors (Lipinski definition) is 2. The lowest BCUT2D eigenvalue weighted by atomic mass is 10.1. The number of benzene rings is 3. The number of rotatable bonds is 7. The number of hydrogen-bond acceptors (Lipinski definition) is 2. The summed E-state index contributed by atoms with van der Waals surface area (Å²) in [5, 5.41) is 6.90. The third-order valence-electron chi connectivity index (χ3n) is 5.64. The number of aryl methyl sites for hydroxylation is 1. The Balaban J connectivity index is 1.68. The standard InChI is InChI=1S/C28H29N3O2/c1-19(2)27(32)30-24-12-13-25-23(15-24)16-26(28(33)29-17-21-9-5-4-6-10-21)31(25)18-22-11-7-8-20(3)14-22/h4-16,19H,17-18H2,1-3H3,(H,29,33)(H,30,32). The Labute approximate surface area is 194 Å². The van der Waals surface area contributed by atoms with Gasteiger partial charge in [0, 0.05) is 35.6 Å². The van der Waals surface area contributed by atoms with Gasteiger partial charge in [0.15, 0.2) is 0 Å². The van der Waals surface area contributed by atoms with Crippen LogP contribution in [0.25, 0.3) is 10.9 Å². The largest absolute Gasteiger partial charge is 0.347 e. The van der Waals surface area contributed by atoms with Crippen LogP contribution < -0.4 is 10.6 Å². The molecule has 1 heterocycles. The molecule has 2 N–H and O–H groups in total. The molecule has 4 rings (SSSR count). The number of nitrogens with one attached hydrogen (secondary N) is 2. The van der Waals surface area contributed by atoms with Crippen molar-refractivity contribution in [2.24, 2.45) is 5.92 Å². The summed E-state index contributed by atoms with van der Waals surface area (Å²) < 4.78 is 2.04. The van der Waals surface area contributed by atoms with E-state index < -0.39 is 0 Å². The Morgan fingerprint density at radius 3 is 2.36 bits per heavy atom. The molecule has 0 saturated heterocycles. The number of fused-ring (bicyclic) bond motifs is 1. The maximum absolute atomic E-state index is 13.2. The Hall–Kier alpha value is -3.86. The Bertz CT molecular complexity index is 1290. The molecule has 0 bridgehead atoms. The minimum absolute atomic E-state index is 0.0330. The Morgan fingerprint density at radius 1 is 0.879 bits per heavy atom. The third-order valence-corrected chi connectivity index (χ3v) is 5.64. The summed E-state index contributed by atoms with van der Waals surface area (Å²) in [4.78, 5) is 25.4. The molecule has 33 heavy (non-hydrogen) atoms. The van der Waals surface area contributed by atoms with Crippen LogP contribution in [0.4, 0.5) is 5.69 Å². The predicted octanol–water partition coefficient (Wildman–Crippen LogP) is 5.52. The highest BCUT2D eigenvalue weighted by Crippen LogP contribution is 2.25. The van der Waals surface area contributed by atoms with Crippen LogP contribution in [0.3, 0.4) is 0 Å². The fraction of sp³-hybridized carbons (Fsp3) is 0.214. The van der Waals surface area contributed by atoms with Gasteiger partial charge in [0.25, 0.3) is 5.91 Å². The first-order chi connectivity index (χ1) is 15.9. The Morgan fingerprint density at radius 2 is 1.64 bits per heavy atom. The van der Waals surface area contributed by atoms with Crippen molar-refractivity contribution < 1.29 is 9.59 Å². The molecule has 1 aromatic heterocycles. The molecule has 3 aromatic carbocycles. The lowest BCUT2D eigenvalue weighted by Crippen LogP contribution is -2.25. The van der Waals surface area contributed by atoms with Gasteiger partial charge in [0.1, 0.15) is 5.69 Å². The number of carbonyl (C=O) groups excluding carboxylic acids is 2. The summed E-state index contributed by atoms with van der Waals surface area (Å²) >= 11 is 0. The number of amides is 2. The van der Waals surface area contributed by atoms with E-state index in [4.69, 9.17) is 0 Å². The van der Waals surface area contributed by atoms with Crippen molar-refractivity contribution in [1.29, 1.82) is 0 Å². The molecular formula is C28H29N3O2. The summed E-state index contributed by atoms with van der Waals surface area (Å²) in [6.45, 7) is 6.83. The van der Waals surface area contributed by atoms with E-state index in [9.17, 15) is 9.59 Å². The van der Waals surface area contributed by atoms with Crippen molar-refractivity contribution in [1.82, 2.24) is 9.88 Å². The van der Waals surface area contributed by atoms with Crippen LogP contribution >= 0.6 is 0 Å². The zero-order chi connectivity index (χ0) is 23.4. The van der Waals surface area contributed by atoms with Crippen molar-refractivity contribution in [3.63, 3.8) is 0 Å². The number of aromatic nitrogens is 1. The normalized spacial score (nSPS) is 11.0. The van der Waals surface area contributed by atoms with E-state index in [1.54, 1.807) is 0 Å². The van der Waals surface area contributed by atoms with Gasteiger partial charge in [-0.1, -0.05) is 74.0 Å². The summed E-state index contributed by atoms with van der Waals surface area (Å²) in [5.41, 5.74) is 5.62. The van der Waals surface area contributed by atoms with Crippen LogP contribution in [-0.2, 0) is 17.9 Å². The highest BCUT2D eigenvalue weighted by atomic mass is 16.2. The zero-order valence-electron chi connectivity index (χ0n) is 19.3. The second-order valence-electron chi connectivity index (χ2n) is 8.69. The molecule has 0 aliphatic heterocycles. The van der Waals surface area contributed by atoms with Gasteiger partial charge in [-0.25, -0.2) is 0 Å². The molecule has 5 heteroatoms. The van der Waals surface area contributed by atoms with Crippen LogP contribution in [0.15, 0.2) is 78.9 Å². The fourth-order valence-corrected chi connectivity index (χ4v) is 3.86. The molecular weight excluding hydrogens is 410 g/mol. The van der Waals surface area contributed by atoms with Gasteiger partial charge >= 0.3 is 0 Å². The van der Waals surface area contributed by atoms with Crippen molar-refractivity contribution >= 4 is 28.4 Å². The fourth-order valence-electron chi connectivity index (χ4n) is 3.86. The molecule has 168 valence electrons. The molecule has 0 atom stereocenters. The van der Waals surface area contributed by atoms with Gasteiger partial charge in [-0.3, -0.25) is 9.59 Å². The van der Waals surface area contributed by atoms with Crippen LogP contribution in [-0.4, -0.2) is 16.4 Å². The smallest absolute Gasteiger partial charge is 0.268 e. The SMILES string of the molecule is Cc1cccc(Cn2c(C(=O)NCc3ccccc3)cc3cc(NC(=O)C(C)C)ccc32)c1. The summed E-state index contributed by atoms with van der Waals surface area (Å²) in [7, 11) is 0. The van der Waals surface area contributed by atoms with Crippen molar-refractivity contribution in [3.05, 3.63) is 101 Å².